The Morgan fingerprint density at radius 1 is 1.23 bits per heavy atom. The number of esters is 1. The normalized spacial score (nSPS) is 21.4. The molecular formula is C27H30FN3O7S. The van der Waals surface area contributed by atoms with Crippen molar-refractivity contribution >= 4 is 38.6 Å². The van der Waals surface area contributed by atoms with Crippen molar-refractivity contribution in [3.63, 3.8) is 0 Å². The SMILES string of the molecule is CNC(=O)c1c(-c2ccc(F)cc2)oc2cc3c(cc12)[C@H](C)O[C@H](COC(=O)[C@@H]1CCCN1)CN3S(C)(=O)=O. The first-order valence-corrected chi connectivity index (χ1v) is 14.5. The topological polar surface area (TPSA) is 127 Å². The van der Waals surface area contributed by atoms with Crippen molar-refractivity contribution in [2.24, 2.45) is 0 Å². The molecule has 12 heteroatoms. The summed E-state index contributed by atoms with van der Waals surface area (Å²) in [5.41, 5.74) is 1.87. The summed E-state index contributed by atoms with van der Waals surface area (Å²) in [5, 5.41) is 6.15. The Morgan fingerprint density at radius 2 is 1.97 bits per heavy atom. The van der Waals surface area contributed by atoms with Crippen molar-refractivity contribution < 1.29 is 36.3 Å². The second kappa shape index (κ2) is 10.6. The van der Waals surface area contributed by atoms with Crippen molar-refractivity contribution in [1.29, 1.82) is 0 Å². The summed E-state index contributed by atoms with van der Waals surface area (Å²) in [6.45, 7) is 2.32. The Balaban J connectivity index is 1.56. The average Bonchev–Trinajstić information content (AvgIpc) is 3.54. The zero-order valence-corrected chi connectivity index (χ0v) is 22.6. The van der Waals surface area contributed by atoms with Crippen molar-refractivity contribution in [3.8, 4) is 11.3 Å². The number of fused-ring (bicyclic) bond motifs is 2. The summed E-state index contributed by atoms with van der Waals surface area (Å²) >= 11 is 0. The lowest BCUT2D eigenvalue weighted by atomic mass is 10.0. The number of carbonyl (C=O) groups is 2. The molecule has 0 bridgehead atoms. The highest BCUT2D eigenvalue weighted by atomic mass is 32.2. The minimum Gasteiger partial charge on any atom is -0.462 e. The smallest absolute Gasteiger partial charge is 0.323 e. The molecule has 3 atom stereocenters. The van der Waals surface area contributed by atoms with E-state index in [4.69, 9.17) is 13.9 Å². The minimum atomic E-state index is -3.79. The number of anilines is 1. The van der Waals surface area contributed by atoms with Gasteiger partial charge in [0, 0.05) is 29.6 Å². The van der Waals surface area contributed by atoms with Gasteiger partial charge in [0.05, 0.1) is 30.2 Å². The number of halogens is 1. The third kappa shape index (κ3) is 5.36. The second-order valence-electron chi connectivity index (χ2n) is 9.77. The summed E-state index contributed by atoms with van der Waals surface area (Å²) in [6, 6.07) is 8.43. The summed E-state index contributed by atoms with van der Waals surface area (Å²) in [6.07, 6.45) is 1.33. The monoisotopic (exact) mass is 559 g/mol. The lowest BCUT2D eigenvalue weighted by molar-refractivity contribution is -0.151. The lowest BCUT2D eigenvalue weighted by Gasteiger charge is -2.25. The first-order chi connectivity index (χ1) is 18.6. The van der Waals surface area contributed by atoms with Crippen LogP contribution in [0, 0.1) is 5.82 Å². The van der Waals surface area contributed by atoms with Crippen LogP contribution in [0.3, 0.4) is 0 Å². The third-order valence-electron chi connectivity index (χ3n) is 7.03. The van der Waals surface area contributed by atoms with Gasteiger partial charge in [0.2, 0.25) is 10.0 Å². The fraction of sp³-hybridized carbons (Fsp3) is 0.407. The zero-order valence-electron chi connectivity index (χ0n) is 21.8. The van der Waals surface area contributed by atoms with Crippen LogP contribution < -0.4 is 14.9 Å². The number of furan rings is 1. The van der Waals surface area contributed by atoms with Crippen LogP contribution in [0.4, 0.5) is 10.1 Å². The summed E-state index contributed by atoms with van der Waals surface area (Å²) in [7, 11) is -2.30. The quantitative estimate of drug-likeness (QED) is 0.441. The number of nitrogens with one attached hydrogen (secondary N) is 2. The summed E-state index contributed by atoms with van der Waals surface area (Å²) < 4.78 is 58.4. The highest BCUT2D eigenvalue weighted by Gasteiger charge is 2.35. The van der Waals surface area contributed by atoms with Crippen LogP contribution in [0.25, 0.3) is 22.3 Å². The van der Waals surface area contributed by atoms with Gasteiger partial charge >= 0.3 is 5.97 Å². The van der Waals surface area contributed by atoms with Gasteiger partial charge in [-0.05, 0) is 56.6 Å². The minimum absolute atomic E-state index is 0.0825. The predicted molar refractivity (Wildman–Crippen MR) is 142 cm³/mol. The molecule has 5 rings (SSSR count). The molecule has 3 heterocycles. The summed E-state index contributed by atoms with van der Waals surface area (Å²) in [4.78, 5) is 25.4. The number of hydrogen-bond donors (Lipinski definition) is 2. The Morgan fingerprint density at radius 3 is 2.62 bits per heavy atom. The van der Waals surface area contributed by atoms with Gasteiger partial charge in [0.15, 0.2) is 0 Å². The van der Waals surface area contributed by atoms with Crippen molar-refractivity contribution in [1.82, 2.24) is 10.6 Å². The number of rotatable bonds is 6. The van der Waals surface area contributed by atoms with Gasteiger partial charge in [0.25, 0.3) is 5.91 Å². The molecule has 2 N–H and O–H groups in total. The number of ether oxygens (including phenoxy) is 2. The molecule has 3 aromatic rings. The molecule has 0 spiro atoms. The van der Waals surface area contributed by atoms with E-state index in [0.29, 0.717) is 28.6 Å². The van der Waals surface area contributed by atoms with E-state index >= 15 is 0 Å². The molecule has 1 amide bonds. The van der Waals surface area contributed by atoms with Crippen LogP contribution in [-0.2, 0) is 24.3 Å². The van der Waals surface area contributed by atoms with Gasteiger partial charge < -0.3 is 24.5 Å². The molecule has 2 aromatic carbocycles. The van der Waals surface area contributed by atoms with E-state index in [9.17, 15) is 22.4 Å². The third-order valence-corrected chi connectivity index (χ3v) is 8.17. The molecule has 0 saturated carbocycles. The molecule has 1 saturated heterocycles. The lowest BCUT2D eigenvalue weighted by Crippen LogP contribution is -2.40. The molecular weight excluding hydrogens is 529 g/mol. The van der Waals surface area contributed by atoms with E-state index < -0.39 is 39.9 Å². The van der Waals surface area contributed by atoms with E-state index in [1.54, 1.807) is 19.1 Å². The predicted octanol–water partition coefficient (Wildman–Crippen LogP) is 3.12. The molecule has 2 aliphatic heterocycles. The molecule has 0 radical (unpaired) electrons. The number of hydrogen-bond acceptors (Lipinski definition) is 8. The van der Waals surface area contributed by atoms with Gasteiger partial charge in [-0.2, -0.15) is 0 Å². The molecule has 39 heavy (non-hydrogen) atoms. The van der Waals surface area contributed by atoms with Crippen molar-refractivity contribution in [2.45, 2.75) is 38.0 Å². The molecule has 0 unspecified atom stereocenters. The second-order valence-corrected chi connectivity index (χ2v) is 11.7. The Hall–Kier alpha value is -3.48. The van der Waals surface area contributed by atoms with Crippen LogP contribution in [0.15, 0.2) is 40.8 Å². The van der Waals surface area contributed by atoms with Crippen LogP contribution in [0.2, 0.25) is 0 Å². The van der Waals surface area contributed by atoms with Crippen LogP contribution in [-0.4, -0.2) is 65.4 Å². The van der Waals surface area contributed by atoms with Gasteiger partial charge in [-0.1, -0.05) is 0 Å². The number of amides is 1. The maximum absolute atomic E-state index is 13.6. The number of carbonyl (C=O) groups excluding carboxylic acids is 2. The fourth-order valence-corrected chi connectivity index (χ4v) is 6.05. The Labute approximate surface area is 225 Å². The standard InChI is InChI=1S/C27H30FN3O7S/c1-15-19-11-20-23(38-25(24(20)26(32)29-2)16-6-8-17(28)9-7-16)12-22(19)31(39(3,34)35)13-18(37-15)14-36-27(33)21-5-4-10-30-21/h6-9,11-12,15,18,21,30H,4-5,10,13-14H2,1-3H3,(H,29,32)/t15-,18-,21-/m0/s1. The highest BCUT2D eigenvalue weighted by molar-refractivity contribution is 7.92. The molecule has 10 nitrogen and oxygen atoms in total. The maximum Gasteiger partial charge on any atom is 0.323 e. The molecule has 2 aliphatic rings. The number of nitrogens with zero attached hydrogens (tertiary/aromatic N) is 1. The van der Waals surface area contributed by atoms with Crippen LogP contribution >= 0.6 is 0 Å². The van der Waals surface area contributed by atoms with E-state index in [0.717, 1.165) is 19.2 Å². The largest absolute Gasteiger partial charge is 0.462 e. The van der Waals surface area contributed by atoms with Crippen LogP contribution in [0.5, 0.6) is 0 Å². The maximum atomic E-state index is 13.6. The first-order valence-electron chi connectivity index (χ1n) is 12.7. The zero-order chi connectivity index (χ0) is 27.9. The molecule has 208 valence electrons. The number of benzene rings is 2. The first kappa shape index (κ1) is 27.1. The van der Waals surface area contributed by atoms with E-state index in [2.05, 4.69) is 10.6 Å². The Bertz CT molecular complexity index is 1510. The van der Waals surface area contributed by atoms with Crippen LogP contribution in [0.1, 0.15) is 41.8 Å². The van der Waals surface area contributed by atoms with Crippen molar-refractivity contribution in [2.75, 3.05) is 37.3 Å². The number of sulfonamides is 1. The van der Waals surface area contributed by atoms with E-state index in [1.807, 2.05) is 0 Å². The molecule has 1 aromatic heterocycles. The van der Waals surface area contributed by atoms with Gasteiger partial charge in [-0.15, -0.1) is 0 Å². The van der Waals surface area contributed by atoms with Gasteiger partial charge in [0.1, 0.15) is 35.9 Å². The average molecular weight is 560 g/mol. The highest BCUT2D eigenvalue weighted by Crippen LogP contribution is 2.42. The fourth-order valence-electron chi connectivity index (χ4n) is 5.10. The van der Waals surface area contributed by atoms with Gasteiger partial charge in [-0.25, -0.2) is 12.8 Å². The Kier molecular flexibility index (Phi) is 7.36. The van der Waals surface area contributed by atoms with Crippen molar-refractivity contribution in [3.05, 3.63) is 53.3 Å². The molecule has 1 fully saturated rings. The summed E-state index contributed by atoms with van der Waals surface area (Å²) in [5.74, 6) is -1.01. The van der Waals surface area contributed by atoms with Gasteiger partial charge in [-0.3, -0.25) is 13.9 Å². The molecule has 0 aliphatic carbocycles. The van der Waals surface area contributed by atoms with E-state index in [-0.39, 0.29) is 36.1 Å². The van der Waals surface area contributed by atoms with E-state index in [1.165, 1.54) is 35.6 Å².